The third kappa shape index (κ3) is 10.3. The van der Waals surface area contributed by atoms with E-state index in [-0.39, 0.29) is 5.41 Å². The normalized spacial score (nSPS) is 25.0. The number of likely N-dealkylation sites (tertiary alicyclic amines) is 4. The van der Waals surface area contributed by atoms with Crippen LogP contribution in [-0.4, -0.2) is 97.9 Å². The van der Waals surface area contributed by atoms with Gasteiger partial charge in [-0.15, -0.1) is 0 Å². The minimum atomic E-state index is -0.177. The van der Waals surface area contributed by atoms with Gasteiger partial charge in [0.05, 0.1) is 5.41 Å². The van der Waals surface area contributed by atoms with E-state index in [1.54, 1.807) is 0 Å². The van der Waals surface area contributed by atoms with E-state index in [0.717, 1.165) is 84.1 Å². The van der Waals surface area contributed by atoms with Gasteiger partial charge < -0.3 is 19.9 Å². The lowest BCUT2D eigenvalue weighted by Crippen LogP contribution is -2.52. The van der Waals surface area contributed by atoms with Gasteiger partial charge in [-0.25, -0.2) is 0 Å². The van der Waals surface area contributed by atoms with Gasteiger partial charge in [-0.05, 0) is 85.0 Å². The van der Waals surface area contributed by atoms with Crippen molar-refractivity contribution in [3.63, 3.8) is 0 Å². The maximum atomic E-state index is 12.1. The van der Waals surface area contributed by atoms with Crippen LogP contribution in [0.3, 0.4) is 0 Å². The highest BCUT2D eigenvalue weighted by Crippen LogP contribution is 2.43. The number of aldehydes is 1. The number of carbonyl (C=O) groups excluding carboxylic acids is 1. The summed E-state index contributed by atoms with van der Waals surface area (Å²) in [5.41, 5.74) is 6.97. The molecule has 9 rings (SSSR count). The standard InChI is InChI=1S/C29H35N3.C23H28N2O/c1-4-10-25(11-5-1)16-18-31-19-17-27-21-32(20-26-12-6-2-7-13-26)24-29(27,23-31)22-30-28-14-8-3-9-15-28;26-19-23-17-24(13-11-20-7-3-1-4-8-20)14-12-22(23)16-25(18-23)15-21-9-5-2-6-10-21/h1-15,27,30H,16-24H2;1-10,19,22H,11-18H2. The Balaban J connectivity index is 0.000000165. The van der Waals surface area contributed by atoms with Crippen molar-refractivity contribution in [3.05, 3.63) is 174 Å². The highest BCUT2D eigenvalue weighted by atomic mass is 16.1. The van der Waals surface area contributed by atoms with Crippen molar-refractivity contribution in [1.82, 2.24) is 19.6 Å². The largest absolute Gasteiger partial charge is 0.384 e. The maximum Gasteiger partial charge on any atom is 0.129 e. The summed E-state index contributed by atoms with van der Waals surface area (Å²) in [5, 5.41) is 3.80. The molecule has 302 valence electrons. The lowest BCUT2D eigenvalue weighted by atomic mass is 9.73. The van der Waals surface area contributed by atoms with Gasteiger partial charge in [-0.1, -0.05) is 140 Å². The van der Waals surface area contributed by atoms with E-state index in [9.17, 15) is 4.79 Å². The number of carbonyl (C=O) groups is 1. The van der Waals surface area contributed by atoms with Gasteiger partial charge in [0, 0.05) is 83.1 Å². The molecule has 0 radical (unpaired) electrons. The summed E-state index contributed by atoms with van der Waals surface area (Å²) >= 11 is 0. The van der Waals surface area contributed by atoms with Crippen LogP contribution in [0.2, 0.25) is 0 Å². The number of hydrogen-bond donors (Lipinski definition) is 1. The van der Waals surface area contributed by atoms with Crippen molar-refractivity contribution in [1.29, 1.82) is 0 Å². The summed E-state index contributed by atoms with van der Waals surface area (Å²) in [6.45, 7) is 14.1. The summed E-state index contributed by atoms with van der Waals surface area (Å²) in [4.78, 5) is 22.5. The molecule has 1 N–H and O–H groups in total. The zero-order valence-corrected chi connectivity index (χ0v) is 34.4. The van der Waals surface area contributed by atoms with Crippen LogP contribution in [0.25, 0.3) is 0 Å². The van der Waals surface area contributed by atoms with E-state index in [1.165, 1.54) is 66.8 Å². The maximum absolute atomic E-state index is 12.1. The van der Waals surface area contributed by atoms with E-state index < -0.39 is 0 Å². The molecule has 5 aromatic carbocycles. The number of rotatable bonds is 14. The third-order valence-electron chi connectivity index (χ3n) is 13.6. The highest BCUT2D eigenvalue weighted by Gasteiger charge is 2.50. The minimum absolute atomic E-state index is 0.177. The number of hydrogen-bond acceptors (Lipinski definition) is 6. The average molecular weight is 774 g/mol. The molecule has 58 heavy (non-hydrogen) atoms. The summed E-state index contributed by atoms with van der Waals surface area (Å²) in [7, 11) is 0. The molecule has 4 aliphatic heterocycles. The fraction of sp³-hybridized carbons (Fsp3) is 0.404. The number of benzene rings is 5. The molecule has 5 aromatic rings. The average Bonchev–Trinajstić information content (AvgIpc) is 3.83. The number of nitrogens with one attached hydrogen (secondary N) is 1. The fourth-order valence-corrected chi connectivity index (χ4v) is 10.5. The van der Waals surface area contributed by atoms with E-state index in [4.69, 9.17) is 0 Å². The second kappa shape index (κ2) is 19.4. The number of piperidine rings is 2. The van der Waals surface area contributed by atoms with E-state index in [0.29, 0.717) is 11.3 Å². The molecule has 4 aliphatic rings. The molecular formula is C52H63N5O. The Labute approximate surface area is 347 Å². The first-order valence-electron chi connectivity index (χ1n) is 21.9. The second-order valence-corrected chi connectivity index (χ2v) is 17.7. The summed E-state index contributed by atoms with van der Waals surface area (Å²) in [5.74, 6) is 1.27. The van der Waals surface area contributed by atoms with Crippen molar-refractivity contribution < 1.29 is 4.79 Å². The molecule has 6 heteroatoms. The van der Waals surface area contributed by atoms with Gasteiger partial charge in [0.15, 0.2) is 0 Å². The summed E-state index contributed by atoms with van der Waals surface area (Å²) in [6, 6.07) is 53.9. The lowest BCUT2D eigenvalue weighted by molar-refractivity contribution is -0.120. The molecule has 4 fully saturated rings. The van der Waals surface area contributed by atoms with Crippen LogP contribution in [0.15, 0.2) is 152 Å². The highest BCUT2D eigenvalue weighted by molar-refractivity contribution is 5.62. The first-order valence-corrected chi connectivity index (χ1v) is 21.9. The SMILES string of the molecule is O=CC12CN(CCc3ccccc3)CCC1CN(Cc1ccccc1)C2.c1ccc(CCN2CCC3CN(Cc4ccccc4)CC3(CNc3ccccc3)C2)cc1. The summed E-state index contributed by atoms with van der Waals surface area (Å²) < 4.78 is 0. The molecular weight excluding hydrogens is 711 g/mol. The van der Waals surface area contributed by atoms with Crippen molar-refractivity contribution in [3.8, 4) is 0 Å². The van der Waals surface area contributed by atoms with Crippen molar-refractivity contribution in [2.24, 2.45) is 22.7 Å². The van der Waals surface area contributed by atoms with Gasteiger partial charge in [-0.2, -0.15) is 0 Å². The number of anilines is 1. The van der Waals surface area contributed by atoms with Gasteiger partial charge in [-0.3, -0.25) is 9.80 Å². The first-order chi connectivity index (χ1) is 28.6. The topological polar surface area (TPSA) is 42.1 Å². The Bertz CT molecular complexity index is 1960. The number of para-hydroxylation sites is 1. The van der Waals surface area contributed by atoms with E-state index in [2.05, 4.69) is 177 Å². The minimum Gasteiger partial charge on any atom is -0.384 e. The van der Waals surface area contributed by atoms with Crippen LogP contribution in [0.1, 0.15) is 35.1 Å². The number of nitrogens with zero attached hydrogens (tertiary/aromatic N) is 4. The Hall–Kier alpha value is -4.59. The molecule has 0 spiro atoms. The molecule has 0 saturated carbocycles. The molecule has 6 nitrogen and oxygen atoms in total. The first kappa shape index (κ1) is 40.2. The van der Waals surface area contributed by atoms with Gasteiger partial charge in [0.25, 0.3) is 0 Å². The van der Waals surface area contributed by atoms with Crippen LogP contribution in [-0.2, 0) is 30.7 Å². The molecule has 0 aliphatic carbocycles. The van der Waals surface area contributed by atoms with Gasteiger partial charge in [0.2, 0.25) is 0 Å². The van der Waals surface area contributed by atoms with Crippen LogP contribution < -0.4 is 5.32 Å². The monoisotopic (exact) mass is 774 g/mol. The third-order valence-corrected chi connectivity index (χ3v) is 13.6. The Kier molecular flexibility index (Phi) is 13.5. The Morgan fingerprint density at radius 3 is 1.45 bits per heavy atom. The molecule has 4 atom stereocenters. The summed E-state index contributed by atoms with van der Waals surface area (Å²) in [6.07, 6.45) is 5.92. The number of fused-ring (bicyclic) bond motifs is 2. The van der Waals surface area contributed by atoms with Crippen LogP contribution in [0.4, 0.5) is 5.69 Å². The zero-order chi connectivity index (χ0) is 39.5. The lowest BCUT2D eigenvalue weighted by Gasteiger charge is -2.44. The van der Waals surface area contributed by atoms with E-state index >= 15 is 0 Å². The Morgan fingerprint density at radius 2 is 0.914 bits per heavy atom. The van der Waals surface area contributed by atoms with Crippen molar-refractivity contribution >= 4 is 12.0 Å². The molecule has 4 saturated heterocycles. The van der Waals surface area contributed by atoms with Crippen LogP contribution >= 0.6 is 0 Å². The van der Waals surface area contributed by atoms with Crippen LogP contribution in [0, 0.1) is 22.7 Å². The Morgan fingerprint density at radius 1 is 0.500 bits per heavy atom. The predicted octanol–water partition coefficient (Wildman–Crippen LogP) is 8.42. The quantitative estimate of drug-likeness (QED) is 0.114. The smallest absolute Gasteiger partial charge is 0.129 e. The zero-order valence-electron chi connectivity index (χ0n) is 34.4. The van der Waals surface area contributed by atoms with Crippen molar-refractivity contribution in [2.45, 2.75) is 38.8 Å². The van der Waals surface area contributed by atoms with E-state index in [1.807, 2.05) is 0 Å². The molecule has 4 heterocycles. The molecule has 0 aromatic heterocycles. The van der Waals surface area contributed by atoms with Gasteiger partial charge in [0.1, 0.15) is 6.29 Å². The second-order valence-electron chi connectivity index (χ2n) is 17.7. The fourth-order valence-electron chi connectivity index (χ4n) is 10.5. The molecule has 0 amide bonds. The predicted molar refractivity (Wildman–Crippen MR) is 239 cm³/mol. The van der Waals surface area contributed by atoms with Crippen LogP contribution in [0.5, 0.6) is 0 Å². The molecule has 0 bridgehead atoms. The molecule has 4 unspecified atom stereocenters. The van der Waals surface area contributed by atoms with Crippen molar-refractivity contribution in [2.75, 3.05) is 77.3 Å². The van der Waals surface area contributed by atoms with Gasteiger partial charge >= 0.3 is 0 Å².